The monoisotopic (exact) mass is 289 g/mol. The van der Waals surface area contributed by atoms with Gasteiger partial charge >= 0.3 is 0 Å². The van der Waals surface area contributed by atoms with E-state index in [0.717, 1.165) is 16.8 Å². The van der Waals surface area contributed by atoms with Gasteiger partial charge in [0.25, 0.3) is 11.2 Å². The fraction of sp³-hybridized carbons (Fsp3) is 0.0833. The number of pyridine rings is 1. The van der Waals surface area contributed by atoms with Crippen molar-refractivity contribution in [1.82, 2.24) is 4.57 Å². The average molecular weight is 289 g/mol. The second kappa shape index (κ2) is 5.46. The molecule has 7 nitrogen and oxygen atoms in total. The fourth-order valence-corrected chi connectivity index (χ4v) is 2.24. The quantitative estimate of drug-likeness (QED) is 0.482. The molecular formula is C12H7N3O4S. The zero-order valence-electron chi connectivity index (χ0n) is 9.98. The number of carbonyl (C=O) groups excluding carboxylic acids is 1. The molecule has 0 radical (unpaired) electrons. The van der Waals surface area contributed by atoms with E-state index in [4.69, 9.17) is 5.26 Å². The largest absolute Gasteiger partial charge is 0.300 e. The molecule has 2 rings (SSSR count). The number of hydrogen-bond acceptors (Lipinski definition) is 6. The number of aromatic nitrogens is 1. The minimum atomic E-state index is -0.719. The van der Waals surface area contributed by atoms with E-state index >= 15 is 0 Å². The first kappa shape index (κ1) is 13.6. The summed E-state index contributed by atoms with van der Waals surface area (Å²) in [5.41, 5.74) is -1.48. The number of ketones is 1. The summed E-state index contributed by atoms with van der Waals surface area (Å²) in [5.74, 6) is -0.341. The molecule has 0 aliphatic carbocycles. The summed E-state index contributed by atoms with van der Waals surface area (Å²) in [6, 6.07) is 5.78. The number of carbonyl (C=O) groups is 1. The molecule has 0 bridgehead atoms. The highest BCUT2D eigenvalue weighted by atomic mass is 32.1. The van der Waals surface area contributed by atoms with Crippen LogP contribution in [-0.4, -0.2) is 15.3 Å². The van der Waals surface area contributed by atoms with Crippen LogP contribution in [0.5, 0.6) is 0 Å². The Kier molecular flexibility index (Phi) is 3.72. The van der Waals surface area contributed by atoms with Crippen LogP contribution in [-0.2, 0) is 6.54 Å². The van der Waals surface area contributed by atoms with Crippen molar-refractivity contribution >= 4 is 22.8 Å². The minimum absolute atomic E-state index is 0.338. The standard InChI is InChI=1S/C12H7N3O4S/c13-5-8-4-9(15(18)19)6-14(12(8)17)7-10(16)11-2-1-3-20-11/h1-4,6H,7H2. The predicted molar refractivity (Wildman–Crippen MR) is 70.7 cm³/mol. The van der Waals surface area contributed by atoms with Crippen molar-refractivity contribution in [1.29, 1.82) is 5.26 Å². The van der Waals surface area contributed by atoms with E-state index in [1.165, 1.54) is 11.3 Å². The third-order valence-electron chi connectivity index (χ3n) is 2.51. The van der Waals surface area contributed by atoms with E-state index in [1.807, 2.05) is 0 Å². The van der Waals surface area contributed by atoms with Crippen LogP contribution in [0.2, 0.25) is 0 Å². The maximum absolute atomic E-state index is 11.9. The van der Waals surface area contributed by atoms with Crippen LogP contribution >= 0.6 is 11.3 Å². The summed E-state index contributed by atoms with van der Waals surface area (Å²) in [5, 5.41) is 21.3. The van der Waals surface area contributed by atoms with E-state index in [0.29, 0.717) is 4.88 Å². The van der Waals surface area contributed by atoms with Crippen LogP contribution in [0.3, 0.4) is 0 Å². The third-order valence-corrected chi connectivity index (χ3v) is 3.42. The molecule has 2 aromatic rings. The Morgan fingerprint density at radius 1 is 1.55 bits per heavy atom. The summed E-state index contributed by atoms with van der Waals surface area (Å²) < 4.78 is 0.888. The van der Waals surface area contributed by atoms with Gasteiger partial charge in [-0.15, -0.1) is 11.3 Å². The molecule has 0 unspecified atom stereocenters. The van der Waals surface area contributed by atoms with Crippen LogP contribution in [0, 0.1) is 21.4 Å². The highest BCUT2D eigenvalue weighted by Crippen LogP contribution is 2.13. The maximum atomic E-state index is 11.9. The average Bonchev–Trinajstić information content (AvgIpc) is 2.94. The van der Waals surface area contributed by atoms with Gasteiger partial charge < -0.3 is 0 Å². The van der Waals surface area contributed by atoms with Gasteiger partial charge in [0.05, 0.1) is 22.5 Å². The summed E-state index contributed by atoms with van der Waals surface area (Å²) in [6.45, 7) is -0.338. The molecular weight excluding hydrogens is 282 g/mol. The zero-order chi connectivity index (χ0) is 14.7. The molecule has 20 heavy (non-hydrogen) atoms. The molecule has 100 valence electrons. The first-order valence-corrected chi connectivity index (χ1v) is 6.26. The number of nitrogens with zero attached hydrogens (tertiary/aromatic N) is 3. The highest BCUT2D eigenvalue weighted by molar-refractivity contribution is 7.12. The van der Waals surface area contributed by atoms with Gasteiger partial charge in [0, 0.05) is 6.07 Å². The molecule has 0 spiro atoms. The lowest BCUT2D eigenvalue weighted by Gasteiger charge is -2.04. The van der Waals surface area contributed by atoms with E-state index < -0.39 is 16.2 Å². The molecule has 2 aromatic heterocycles. The molecule has 0 aliphatic heterocycles. The topological polar surface area (TPSA) is 106 Å². The van der Waals surface area contributed by atoms with Crippen LogP contribution in [0.4, 0.5) is 5.69 Å². The Morgan fingerprint density at radius 3 is 2.85 bits per heavy atom. The Labute approximate surface area is 116 Å². The number of rotatable bonds is 4. The summed E-state index contributed by atoms with van der Waals surface area (Å²) in [6.07, 6.45) is 0.967. The molecule has 2 heterocycles. The molecule has 0 saturated heterocycles. The lowest BCUT2D eigenvalue weighted by molar-refractivity contribution is -0.385. The van der Waals surface area contributed by atoms with Gasteiger partial charge in [0.1, 0.15) is 11.6 Å². The van der Waals surface area contributed by atoms with Crippen LogP contribution in [0.25, 0.3) is 0 Å². The summed E-state index contributed by atoms with van der Waals surface area (Å²) in [7, 11) is 0. The Bertz CT molecular complexity index is 771. The molecule has 8 heteroatoms. The van der Waals surface area contributed by atoms with Crippen molar-refractivity contribution in [3.8, 4) is 6.07 Å². The SMILES string of the molecule is N#Cc1cc([N+](=O)[O-])cn(CC(=O)c2cccs2)c1=O. The normalized spacial score (nSPS) is 9.95. The van der Waals surface area contributed by atoms with Crippen molar-refractivity contribution in [2.24, 2.45) is 0 Å². The van der Waals surface area contributed by atoms with Gasteiger partial charge in [0.2, 0.25) is 0 Å². The van der Waals surface area contributed by atoms with E-state index in [9.17, 15) is 19.7 Å². The Morgan fingerprint density at radius 2 is 2.30 bits per heavy atom. The summed E-state index contributed by atoms with van der Waals surface area (Å²) in [4.78, 5) is 34.2. The minimum Gasteiger partial charge on any atom is -0.300 e. The smallest absolute Gasteiger partial charge is 0.287 e. The lowest BCUT2D eigenvalue weighted by atomic mass is 10.2. The fourth-order valence-electron chi connectivity index (χ4n) is 1.59. The molecule has 0 aromatic carbocycles. The van der Waals surface area contributed by atoms with E-state index in [1.54, 1.807) is 23.6 Å². The third kappa shape index (κ3) is 2.62. The Balaban J connectivity index is 2.44. The first-order chi connectivity index (χ1) is 9.52. The number of thiophene rings is 1. The van der Waals surface area contributed by atoms with Gasteiger partial charge in [-0.3, -0.25) is 24.3 Å². The van der Waals surface area contributed by atoms with Crippen molar-refractivity contribution in [2.75, 3.05) is 0 Å². The Hall–Kier alpha value is -2.79. The van der Waals surface area contributed by atoms with E-state index in [2.05, 4.69) is 0 Å². The second-order valence-electron chi connectivity index (χ2n) is 3.81. The van der Waals surface area contributed by atoms with Gasteiger partial charge in [-0.25, -0.2) is 0 Å². The van der Waals surface area contributed by atoms with E-state index in [-0.39, 0.29) is 17.9 Å². The molecule has 0 saturated carbocycles. The van der Waals surface area contributed by atoms with Crippen molar-refractivity contribution in [3.63, 3.8) is 0 Å². The lowest BCUT2D eigenvalue weighted by Crippen LogP contribution is -2.26. The van der Waals surface area contributed by atoms with Gasteiger partial charge in [-0.1, -0.05) is 6.07 Å². The van der Waals surface area contributed by atoms with Crippen LogP contribution in [0.1, 0.15) is 15.2 Å². The molecule has 0 fully saturated rings. The van der Waals surface area contributed by atoms with Crippen molar-refractivity contribution in [2.45, 2.75) is 6.54 Å². The van der Waals surface area contributed by atoms with Crippen LogP contribution in [0.15, 0.2) is 34.6 Å². The van der Waals surface area contributed by atoms with Crippen molar-refractivity contribution < 1.29 is 9.72 Å². The number of nitriles is 1. The molecule has 0 N–H and O–H groups in total. The predicted octanol–water partition coefficient (Wildman–Crippen LogP) is 1.57. The summed E-state index contributed by atoms with van der Waals surface area (Å²) >= 11 is 1.21. The van der Waals surface area contributed by atoms with Crippen molar-refractivity contribution in [3.05, 3.63) is 60.7 Å². The second-order valence-corrected chi connectivity index (χ2v) is 4.76. The number of Topliss-reactive ketones (excluding diaryl/α,β-unsaturated/α-hetero) is 1. The van der Waals surface area contributed by atoms with Crippen LogP contribution < -0.4 is 5.56 Å². The van der Waals surface area contributed by atoms with Gasteiger partial charge in [0.15, 0.2) is 5.78 Å². The first-order valence-electron chi connectivity index (χ1n) is 5.38. The maximum Gasteiger partial charge on any atom is 0.287 e. The zero-order valence-corrected chi connectivity index (χ0v) is 10.8. The molecule has 0 aliphatic rings. The van der Waals surface area contributed by atoms with Gasteiger partial charge in [-0.2, -0.15) is 5.26 Å². The number of hydrogen-bond donors (Lipinski definition) is 0. The molecule has 0 atom stereocenters. The molecule has 0 amide bonds. The van der Waals surface area contributed by atoms with Gasteiger partial charge in [-0.05, 0) is 11.4 Å². The highest BCUT2D eigenvalue weighted by Gasteiger charge is 2.16. The number of nitro groups is 1.